The molecule has 1 saturated heterocycles. The molecule has 0 bridgehead atoms. The Morgan fingerprint density at radius 2 is 1.86 bits per heavy atom. The van der Waals surface area contributed by atoms with Crippen LogP contribution in [0.3, 0.4) is 0 Å². The maximum Gasteiger partial charge on any atom is 0.353 e. The summed E-state index contributed by atoms with van der Waals surface area (Å²) in [6.45, 7) is 1.57. The summed E-state index contributed by atoms with van der Waals surface area (Å²) in [6, 6.07) is 7.37. The van der Waals surface area contributed by atoms with Crippen LogP contribution in [0.2, 0.25) is 0 Å². The summed E-state index contributed by atoms with van der Waals surface area (Å²) in [7, 11) is 0. The molecule has 1 aromatic heterocycles. The molecule has 1 aliphatic heterocycles. The van der Waals surface area contributed by atoms with Gasteiger partial charge in [0.1, 0.15) is 6.33 Å². The Morgan fingerprint density at radius 3 is 2.50 bits per heavy atom. The molecule has 0 saturated carbocycles. The van der Waals surface area contributed by atoms with E-state index in [0.717, 1.165) is 36.1 Å². The summed E-state index contributed by atoms with van der Waals surface area (Å²) in [5, 5.41) is 14.5. The molecule has 1 N–H and O–H groups in total. The van der Waals surface area contributed by atoms with Crippen LogP contribution in [0.1, 0.15) is 12.8 Å². The topological polar surface area (TPSA) is 84.2 Å². The molecule has 0 unspecified atom stereocenters. The Labute approximate surface area is 135 Å². The summed E-state index contributed by atoms with van der Waals surface area (Å²) < 4.78 is 0.938. The first-order valence-corrected chi connectivity index (χ1v) is 7.71. The minimum Gasteiger partial charge on any atom is -0.351 e. The highest BCUT2D eigenvalue weighted by molar-refractivity contribution is 9.10. The van der Waals surface area contributed by atoms with E-state index in [1.165, 1.54) is 6.33 Å². The molecule has 0 spiro atoms. The number of rotatable bonds is 4. The Hall–Kier alpha value is -2.22. The summed E-state index contributed by atoms with van der Waals surface area (Å²) >= 11 is 3.36. The number of benzene rings is 1. The van der Waals surface area contributed by atoms with Crippen molar-refractivity contribution in [3.05, 3.63) is 45.2 Å². The van der Waals surface area contributed by atoms with E-state index in [1.807, 2.05) is 29.2 Å². The lowest BCUT2D eigenvalue weighted by Crippen LogP contribution is -2.21. The molecule has 114 valence electrons. The van der Waals surface area contributed by atoms with Crippen molar-refractivity contribution >= 4 is 38.9 Å². The highest BCUT2D eigenvalue weighted by Gasteiger charge is 2.28. The van der Waals surface area contributed by atoms with Crippen LogP contribution < -0.4 is 10.2 Å². The second-order valence-electron chi connectivity index (χ2n) is 4.98. The maximum absolute atomic E-state index is 11.5. The first kappa shape index (κ1) is 14.7. The Morgan fingerprint density at radius 1 is 1.18 bits per heavy atom. The summed E-state index contributed by atoms with van der Waals surface area (Å²) in [5.41, 5.74) is 0.657. The van der Waals surface area contributed by atoms with Crippen molar-refractivity contribution in [3.63, 3.8) is 0 Å². The average molecular weight is 364 g/mol. The molecule has 0 radical (unpaired) electrons. The smallest absolute Gasteiger partial charge is 0.351 e. The predicted molar refractivity (Wildman–Crippen MR) is 87.6 cm³/mol. The normalized spacial score (nSPS) is 14.1. The van der Waals surface area contributed by atoms with E-state index in [9.17, 15) is 10.1 Å². The molecule has 2 heterocycles. The zero-order valence-electron chi connectivity index (χ0n) is 11.7. The fourth-order valence-corrected chi connectivity index (χ4v) is 2.72. The SMILES string of the molecule is O=[N+]([O-])c1c(Nc2ccc(Br)cc2)ncnc1N1CCCC1. The van der Waals surface area contributed by atoms with Crippen molar-refractivity contribution in [1.29, 1.82) is 0 Å². The lowest BCUT2D eigenvalue weighted by molar-refractivity contribution is -0.383. The minimum atomic E-state index is -0.422. The fourth-order valence-electron chi connectivity index (χ4n) is 2.46. The molecular formula is C14H14BrN5O2. The van der Waals surface area contributed by atoms with Crippen LogP contribution >= 0.6 is 15.9 Å². The molecule has 1 fully saturated rings. The molecule has 0 aliphatic carbocycles. The van der Waals surface area contributed by atoms with Crippen molar-refractivity contribution < 1.29 is 4.92 Å². The Bertz CT molecular complexity index is 686. The third-order valence-corrected chi connectivity index (χ3v) is 4.03. The van der Waals surface area contributed by atoms with Gasteiger partial charge in [0.25, 0.3) is 0 Å². The maximum atomic E-state index is 11.5. The Balaban J connectivity index is 1.97. The third-order valence-electron chi connectivity index (χ3n) is 3.50. The van der Waals surface area contributed by atoms with Crippen LogP contribution in [0, 0.1) is 10.1 Å². The van der Waals surface area contributed by atoms with Gasteiger partial charge < -0.3 is 10.2 Å². The standard InChI is InChI=1S/C14H14BrN5O2/c15-10-3-5-11(6-4-10)18-13-12(20(21)22)14(17-9-16-13)19-7-1-2-8-19/h3-6,9H,1-2,7-8H2,(H,16,17,18). The van der Waals surface area contributed by atoms with Gasteiger partial charge in [0, 0.05) is 23.2 Å². The van der Waals surface area contributed by atoms with Crippen LogP contribution in [0.4, 0.5) is 23.0 Å². The Kier molecular flexibility index (Phi) is 4.19. The van der Waals surface area contributed by atoms with Crippen molar-refractivity contribution in [2.24, 2.45) is 0 Å². The predicted octanol–water partition coefficient (Wildman–Crippen LogP) is 3.49. The van der Waals surface area contributed by atoms with Crippen LogP contribution in [0.25, 0.3) is 0 Å². The number of nitro groups is 1. The van der Waals surface area contributed by atoms with Crippen LogP contribution in [0.5, 0.6) is 0 Å². The quantitative estimate of drug-likeness (QED) is 0.660. The summed E-state index contributed by atoms with van der Waals surface area (Å²) in [5.74, 6) is 0.598. The van der Waals surface area contributed by atoms with Crippen molar-refractivity contribution in [1.82, 2.24) is 9.97 Å². The first-order valence-electron chi connectivity index (χ1n) is 6.92. The van der Waals surface area contributed by atoms with Gasteiger partial charge in [0.15, 0.2) is 0 Å². The average Bonchev–Trinajstić information content (AvgIpc) is 3.03. The second kappa shape index (κ2) is 6.27. The number of anilines is 3. The number of hydrogen-bond donors (Lipinski definition) is 1. The molecule has 8 heteroatoms. The highest BCUT2D eigenvalue weighted by Crippen LogP contribution is 2.35. The molecule has 0 amide bonds. The van der Waals surface area contributed by atoms with E-state index in [0.29, 0.717) is 5.82 Å². The summed E-state index contributed by atoms with van der Waals surface area (Å²) in [6.07, 6.45) is 3.41. The van der Waals surface area contributed by atoms with Gasteiger partial charge in [0.2, 0.25) is 11.6 Å². The minimum absolute atomic E-state index is 0.0766. The molecule has 22 heavy (non-hydrogen) atoms. The van der Waals surface area contributed by atoms with Gasteiger partial charge in [-0.05, 0) is 37.1 Å². The molecule has 7 nitrogen and oxygen atoms in total. The van der Waals surface area contributed by atoms with Gasteiger partial charge in [-0.1, -0.05) is 15.9 Å². The second-order valence-corrected chi connectivity index (χ2v) is 5.89. The van der Waals surface area contributed by atoms with Crippen molar-refractivity contribution in [3.8, 4) is 0 Å². The lowest BCUT2D eigenvalue weighted by Gasteiger charge is -2.17. The van der Waals surface area contributed by atoms with Crippen LogP contribution in [-0.2, 0) is 0 Å². The summed E-state index contributed by atoms with van der Waals surface area (Å²) in [4.78, 5) is 21.2. The molecule has 2 aromatic rings. The van der Waals surface area contributed by atoms with E-state index in [2.05, 4.69) is 31.2 Å². The van der Waals surface area contributed by atoms with E-state index in [4.69, 9.17) is 0 Å². The van der Waals surface area contributed by atoms with Gasteiger partial charge >= 0.3 is 5.69 Å². The first-order chi connectivity index (χ1) is 10.6. The molecule has 1 aromatic carbocycles. The zero-order valence-corrected chi connectivity index (χ0v) is 13.3. The van der Waals surface area contributed by atoms with E-state index < -0.39 is 4.92 Å². The van der Waals surface area contributed by atoms with Gasteiger partial charge in [-0.15, -0.1) is 0 Å². The number of aromatic nitrogens is 2. The van der Waals surface area contributed by atoms with Crippen LogP contribution in [-0.4, -0.2) is 28.0 Å². The zero-order chi connectivity index (χ0) is 15.5. The number of nitrogens with one attached hydrogen (secondary N) is 1. The lowest BCUT2D eigenvalue weighted by atomic mass is 10.3. The van der Waals surface area contributed by atoms with Gasteiger partial charge in [-0.25, -0.2) is 9.97 Å². The van der Waals surface area contributed by atoms with Gasteiger partial charge in [-0.2, -0.15) is 0 Å². The number of halogens is 1. The van der Waals surface area contributed by atoms with Crippen LogP contribution in [0.15, 0.2) is 35.1 Å². The number of hydrogen-bond acceptors (Lipinski definition) is 6. The molecule has 1 aliphatic rings. The van der Waals surface area contributed by atoms with Gasteiger partial charge in [-0.3, -0.25) is 10.1 Å². The number of nitrogens with zero attached hydrogens (tertiary/aromatic N) is 4. The third kappa shape index (κ3) is 3.01. The monoisotopic (exact) mass is 363 g/mol. The van der Waals surface area contributed by atoms with Crippen molar-refractivity contribution in [2.75, 3.05) is 23.3 Å². The fraction of sp³-hybridized carbons (Fsp3) is 0.286. The highest BCUT2D eigenvalue weighted by atomic mass is 79.9. The molecular weight excluding hydrogens is 350 g/mol. The largest absolute Gasteiger partial charge is 0.353 e. The van der Waals surface area contributed by atoms with Gasteiger partial charge in [0.05, 0.1) is 4.92 Å². The van der Waals surface area contributed by atoms with Crippen molar-refractivity contribution in [2.45, 2.75) is 12.8 Å². The van der Waals surface area contributed by atoms with E-state index in [1.54, 1.807) is 0 Å². The van der Waals surface area contributed by atoms with E-state index in [-0.39, 0.29) is 11.5 Å². The molecule has 0 atom stereocenters. The molecule has 3 rings (SSSR count). The van der Waals surface area contributed by atoms with E-state index >= 15 is 0 Å².